The Morgan fingerprint density at radius 2 is 0.889 bits per heavy atom. The van der Waals surface area contributed by atoms with E-state index in [0.29, 0.717) is 0 Å². The number of rotatable bonds is 0. The minimum atomic E-state index is -0.220. The summed E-state index contributed by atoms with van der Waals surface area (Å²) in [4.78, 5) is 0. The molecule has 0 saturated carbocycles. The largest absolute Gasteiger partial charge is 0.183 e. The fourth-order valence-electron chi connectivity index (χ4n) is 4.92. The first-order valence-electron chi connectivity index (χ1n) is 8.63. The third kappa shape index (κ3) is 2.37. The SMILES string of the molecule is [Y].[Y].[c-]1ccc2c(c1)-c1ccccc1C21c2cc[c-]cc2-c2ccccc21. The van der Waals surface area contributed by atoms with Crippen LogP contribution in [0.2, 0.25) is 0 Å². The zero-order valence-electron chi connectivity index (χ0n) is 14.7. The third-order valence-electron chi connectivity index (χ3n) is 5.78. The predicted octanol–water partition coefficient (Wildman–Crippen LogP) is 5.63. The van der Waals surface area contributed by atoms with E-state index in [0.717, 1.165) is 0 Å². The van der Waals surface area contributed by atoms with Crippen molar-refractivity contribution in [1.29, 1.82) is 0 Å². The topological polar surface area (TPSA) is 0 Å². The summed E-state index contributed by atoms with van der Waals surface area (Å²) in [5.41, 5.74) is 10.5. The van der Waals surface area contributed by atoms with Crippen molar-refractivity contribution in [3.8, 4) is 22.3 Å². The molecule has 0 amide bonds. The molecule has 27 heavy (non-hydrogen) atoms. The second kappa shape index (κ2) is 7.16. The van der Waals surface area contributed by atoms with Gasteiger partial charge in [-0.15, -0.1) is 22.3 Å². The van der Waals surface area contributed by atoms with Crippen LogP contribution >= 0.6 is 0 Å². The van der Waals surface area contributed by atoms with Crippen LogP contribution in [-0.2, 0) is 70.8 Å². The van der Waals surface area contributed by atoms with Crippen LogP contribution in [0, 0.1) is 12.1 Å². The van der Waals surface area contributed by atoms with E-state index in [4.69, 9.17) is 0 Å². The van der Waals surface area contributed by atoms with Crippen LogP contribution in [-0.4, -0.2) is 0 Å². The van der Waals surface area contributed by atoms with Gasteiger partial charge in [0.2, 0.25) is 0 Å². The summed E-state index contributed by atoms with van der Waals surface area (Å²) in [6.45, 7) is 0. The molecule has 6 rings (SSSR count). The van der Waals surface area contributed by atoms with E-state index < -0.39 is 0 Å². The molecule has 122 valence electrons. The Hall–Kier alpha value is -0.912. The molecule has 4 aromatic carbocycles. The Labute approximate surface area is 210 Å². The van der Waals surface area contributed by atoms with Crippen molar-refractivity contribution in [3.05, 3.63) is 119 Å². The van der Waals surface area contributed by atoms with Gasteiger partial charge in [0.1, 0.15) is 0 Å². The normalized spacial score (nSPS) is 13.6. The third-order valence-corrected chi connectivity index (χ3v) is 5.78. The summed E-state index contributed by atoms with van der Waals surface area (Å²) in [5.74, 6) is 0. The summed E-state index contributed by atoms with van der Waals surface area (Å²) in [6, 6.07) is 37.1. The van der Waals surface area contributed by atoms with Crippen LogP contribution < -0.4 is 0 Å². The Kier molecular flexibility index (Phi) is 5.15. The number of benzene rings is 4. The van der Waals surface area contributed by atoms with E-state index in [1.807, 2.05) is 12.1 Å². The Morgan fingerprint density at radius 3 is 1.37 bits per heavy atom. The molecule has 2 heteroatoms. The first-order valence-corrected chi connectivity index (χ1v) is 8.63. The molecule has 0 heterocycles. The molecule has 2 aliphatic rings. The molecule has 0 saturated heterocycles. The Bertz CT molecular complexity index is 973. The van der Waals surface area contributed by atoms with Gasteiger partial charge in [0.05, 0.1) is 0 Å². The van der Waals surface area contributed by atoms with E-state index in [-0.39, 0.29) is 70.8 Å². The minimum absolute atomic E-state index is 0. The zero-order chi connectivity index (χ0) is 16.4. The fourth-order valence-corrected chi connectivity index (χ4v) is 4.92. The molecule has 1 spiro atoms. The monoisotopic (exact) mass is 492 g/mol. The van der Waals surface area contributed by atoms with Crippen molar-refractivity contribution < 1.29 is 65.4 Å². The molecule has 0 nitrogen and oxygen atoms in total. The van der Waals surface area contributed by atoms with Crippen molar-refractivity contribution in [1.82, 2.24) is 0 Å². The van der Waals surface area contributed by atoms with Gasteiger partial charge in [0.25, 0.3) is 0 Å². The molecule has 2 radical (unpaired) electrons. The van der Waals surface area contributed by atoms with Gasteiger partial charge in [0.15, 0.2) is 0 Å². The molecule has 0 bridgehead atoms. The van der Waals surface area contributed by atoms with Crippen LogP contribution in [0.5, 0.6) is 0 Å². The van der Waals surface area contributed by atoms with Gasteiger partial charge in [-0.3, -0.25) is 0 Å². The maximum Gasteiger partial charge on any atom is 0.0264 e. The molecule has 0 unspecified atom stereocenters. The van der Waals surface area contributed by atoms with Gasteiger partial charge in [-0.1, -0.05) is 59.7 Å². The van der Waals surface area contributed by atoms with Gasteiger partial charge in [-0.05, 0) is 11.1 Å². The Balaban J connectivity index is 0.000000900. The van der Waals surface area contributed by atoms with Crippen molar-refractivity contribution in [3.63, 3.8) is 0 Å². The zero-order valence-corrected chi connectivity index (χ0v) is 20.4. The number of hydrogen-bond donors (Lipinski definition) is 0. The summed E-state index contributed by atoms with van der Waals surface area (Å²) >= 11 is 0. The minimum Gasteiger partial charge on any atom is -0.183 e. The molecule has 0 N–H and O–H groups in total. The van der Waals surface area contributed by atoms with Crippen LogP contribution in [0.15, 0.2) is 84.9 Å². The van der Waals surface area contributed by atoms with Crippen molar-refractivity contribution in [2.45, 2.75) is 5.41 Å². The summed E-state index contributed by atoms with van der Waals surface area (Å²) in [6.07, 6.45) is 0. The van der Waals surface area contributed by atoms with Gasteiger partial charge in [-0.25, -0.2) is 0 Å². The second-order valence-corrected chi connectivity index (χ2v) is 6.78. The molecule has 0 fully saturated rings. The molecular formula is C25H14Y2-2. The molecule has 0 atom stereocenters. The smallest absolute Gasteiger partial charge is 0.0264 e. The number of hydrogen-bond acceptors (Lipinski definition) is 0. The first-order chi connectivity index (χ1) is 12.4. The van der Waals surface area contributed by atoms with E-state index in [1.165, 1.54) is 44.5 Å². The fraction of sp³-hybridized carbons (Fsp3) is 0.0400. The summed E-state index contributed by atoms with van der Waals surface area (Å²) in [5, 5.41) is 0. The molecule has 0 aliphatic heterocycles. The van der Waals surface area contributed by atoms with Crippen LogP contribution in [0.25, 0.3) is 22.3 Å². The predicted molar refractivity (Wildman–Crippen MR) is 100 cm³/mol. The van der Waals surface area contributed by atoms with Crippen molar-refractivity contribution in [2.24, 2.45) is 0 Å². The maximum absolute atomic E-state index is 3.28. The van der Waals surface area contributed by atoms with E-state index >= 15 is 0 Å². The van der Waals surface area contributed by atoms with E-state index in [2.05, 4.69) is 84.9 Å². The van der Waals surface area contributed by atoms with Gasteiger partial charge in [-0.2, -0.15) is 48.5 Å². The molecule has 2 aliphatic carbocycles. The van der Waals surface area contributed by atoms with Gasteiger partial charge >= 0.3 is 0 Å². The summed E-state index contributed by atoms with van der Waals surface area (Å²) < 4.78 is 0. The van der Waals surface area contributed by atoms with E-state index in [1.54, 1.807) is 0 Å². The second-order valence-electron chi connectivity index (χ2n) is 6.78. The molecular weight excluding hydrogens is 478 g/mol. The Morgan fingerprint density at radius 1 is 0.481 bits per heavy atom. The van der Waals surface area contributed by atoms with Crippen LogP contribution in [0.4, 0.5) is 0 Å². The first kappa shape index (κ1) is 19.4. The van der Waals surface area contributed by atoms with Crippen molar-refractivity contribution >= 4 is 0 Å². The standard InChI is InChI=1S/C25H14.2Y/c1-5-13-21-17(9-1)18-10-2-6-14-22(18)25(21)23-15-7-3-11-19(23)20-12-4-8-16-24(20)25;;/h1,3,5-16H;;/q-2;;. The van der Waals surface area contributed by atoms with Crippen LogP contribution in [0.1, 0.15) is 22.3 Å². The molecule has 0 aromatic heterocycles. The van der Waals surface area contributed by atoms with E-state index in [9.17, 15) is 0 Å². The van der Waals surface area contributed by atoms with Crippen LogP contribution in [0.3, 0.4) is 0 Å². The average molecular weight is 492 g/mol. The quantitative estimate of drug-likeness (QED) is 0.242. The molecule has 4 aromatic rings. The average Bonchev–Trinajstić information content (AvgIpc) is 3.16. The maximum atomic E-state index is 3.28. The van der Waals surface area contributed by atoms with Crippen molar-refractivity contribution in [2.75, 3.05) is 0 Å². The van der Waals surface area contributed by atoms with Gasteiger partial charge < -0.3 is 0 Å². The summed E-state index contributed by atoms with van der Waals surface area (Å²) in [7, 11) is 0. The van der Waals surface area contributed by atoms with Gasteiger partial charge in [0, 0.05) is 70.8 Å². The number of fused-ring (bicyclic) bond motifs is 10.